The molecular formula is C45H40N2. The number of anilines is 1. The van der Waals surface area contributed by atoms with Crippen LogP contribution in [0.15, 0.2) is 162 Å². The average molecular weight is 609 g/mol. The lowest BCUT2D eigenvalue weighted by molar-refractivity contribution is 0.600. The standard InChI is InChI=1S/C45H40N2/c1-45(2)39-18-10-12-20-42(39)47(36-27-23-34(24-28-36)32-15-7-4-8-16-32)44-29-38-37-17-9-11-19-41(37)46(43(38)30-40(44)45)35-25-21-33(22-26-35)31-13-5-3-6-14-31/h3,5-7,9-11,13-19,21-23,25-30,34H,4,8,12,20,24H2,1-2H3. The maximum atomic E-state index is 2.61. The number of aromatic nitrogens is 1. The number of hydrogen-bond donors (Lipinski definition) is 0. The summed E-state index contributed by atoms with van der Waals surface area (Å²) < 4.78 is 2.47. The molecule has 0 saturated carbocycles. The summed E-state index contributed by atoms with van der Waals surface area (Å²) in [7, 11) is 0. The van der Waals surface area contributed by atoms with Gasteiger partial charge in [0.05, 0.1) is 16.7 Å². The smallest absolute Gasteiger partial charge is 0.0545 e. The Morgan fingerprint density at radius 1 is 0.681 bits per heavy atom. The number of fused-ring (bicyclic) bond motifs is 4. The summed E-state index contributed by atoms with van der Waals surface area (Å²) in [5.74, 6) is 0.462. The van der Waals surface area contributed by atoms with Gasteiger partial charge in [0.2, 0.25) is 0 Å². The summed E-state index contributed by atoms with van der Waals surface area (Å²) in [6.45, 7) is 4.84. The molecule has 4 aromatic carbocycles. The molecule has 230 valence electrons. The lowest BCUT2D eigenvalue weighted by Crippen LogP contribution is -2.37. The fourth-order valence-corrected chi connectivity index (χ4v) is 8.37. The number of allylic oxidation sites excluding steroid dienone is 11. The molecule has 3 aliphatic carbocycles. The highest BCUT2D eigenvalue weighted by molar-refractivity contribution is 6.11. The molecule has 0 bridgehead atoms. The zero-order valence-corrected chi connectivity index (χ0v) is 27.3. The lowest BCUT2D eigenvalue weighted by Gasteiger charge is -2.45. The van der Waals surface area contributed by atoms with Crippen LogP contribution in [0.3, 0.4) is 0 Å². The predicted molar refractivity (Wildman–Crippen MR) is 199 cm³/mol. The molecule has 2 nitrogen and oxygen atoms in total. The van der Waals surface area contributed by atoms with E-state index in [0.29, 0.717) is 5.92 Å². The van der Waals surface area contributed by atoms with Gasteiger partial charge >= 0.3 is 0 Å². The molecule has 0 radical (unpaired) electrons. The SMILES string of the molecule is CC1(C)C2=C(CCC=C2)N(C2=CCC(C3=CCCC=C3)C=C2)c2cc3c4ccccc4n(-c4ccc(-c5ccccc5)cc4)c3cc21. The Kier molecular flexibility index (Phi) is 6.61. The second kappa shape index (κ2) is 11.0. The molecule has 0 fully saturated rings. The van der Waals surface area contributed by atoms with Crippen molar-refractivity contribution in [3.05, 3.63) is 168 Å². The van der Waals surface area contributed by atoms with E-state index in [4.69, 9.17) is 0 Å². The Balaban J connectivity index is 1.22. The molecule has 5 aromatic rings. The van der Waals surface area contributed by atoms with Crippen molar-refractivity contribution in [1.29, 1.82) is 0 Å². The van der Waals surface area contributed by atoms with Crippen LogP contribution < -0.4 is 4.90 Å². The molecular weight excluding hydrogens is 569 g/mol. The predicted octanol–water partition coefficient (Wildman–Crippen LogP) is 11.9. The lowest BCUT2D eigenvalue weighted by atomic mass is 9.71. The van der Waals surface area contributed by atoms with Crippen LogP contribution in [0.2, 0.25) is 0 Å². The van der Waals surface area contributed by atoms with Crippen LogP contribution in [0.5, 0.6) is 0 Å². The van der Waals surface area contributed by atoms with Gasteiger partial charge in [-0.3, -0.25) is 0 Å². The number of para-hydroxylation sites is 1. The zero-order chi connectivity index (χ0) is 31.5. The van der Waals surface area contributed by atoms with Crippen LogP contribution in [0, 0.1) is 5.92 Å². The van der Waals surface area contributed by atoms with Crippen LogP contribution in [0.4, 0.5) is 5.69 Å². The van der Waals surface area contributed by atoms with Crippen LogP contribution in [0.1, 0.15) is 51.5 Å². The van der Waals surface area contributed by atoms with Gasteiger partial charge in [-0.1, -0.05) is 117 Å². The number of rotatable bonds is 4. The Labute approximate surface area is 278 Å². The summed E-state index contributed by atoms with van der Waals surface area (Å²) in [4.78, 5) is 2.61. The third-order valence-electron chi connectivity index (χ3n) is 10.8. The Morgan fingerprint density at radius 3 is 2.26 bits per heavy atom. The number of hydrogen-bond acceptors (Lipinski definition) is 1. The molecule has 1 unspecified atom stereocenters. The van der Waals surface area contributed by atoms with Gasteiger partial charge < -0.3 is 9.47 Å². The molecule has 2 heterocycles. The minimum Gasteiger partial charge on any atom is -0.314 e. The van der Waals surface area contributed by atoms with Gasteiger partial charge in [-0.15, -0.1) is 0 Å². The first-order valence-corrected chi connectivity index (χ1v) is 17.3. The first kappa shape index (κ1) is 28.2. The highest BCUT2D eigenvalue weighted by Gasteiger charge is 2.39. The van der Waals surface area contributed by atoms with Crippen molar-refractivity contribution in [2.45, 2.75) is 51.4 Å². The van der Waals surface area contributed by atoms with Crippen molar-refractivity contribution in [2.75, 3.05) is 4.90 Å². The van der Waals surface area contributed by atoms with E-state index in [9.17, 15) is 0 Å². The van der Waals surface area contributed by atoms with E-state index < -0.39 is 0 Å². The highest BCUT2D eigenvalue weighted by Crippen LogP contribution is 2.52. The first-order valence-electron chi connectivity index (χ1n) is 17.3. The Hall–Kier alpha value is -5.08. The molecule has 0 saturated heterocycles. The minimum atomic E-state index is -0.121. The molecule has 1 aromatic heterocycles. The van der Waals surface area contributed by atoms with Gasteiger partial charge in [0.1, 0.15) is 0 Å². The van der Waals surface area contributed by atoms with Gasteiger partial charge in [0, 0.05) is 39.2 Å². The molecule has 4 aliphatic rings. The molecule has 0 spiro atoms. The van der Waals surface area contributed by atoms with E-state index in [-0.39, 0.29) is 5.41 Å². The maximum absolute atomic E-state index is 2.61. The highest BCUT2D eigenvalue weighted by atomic mass is 15.2. The van der Waals surface area contributed by atoms with Gasteiger partial charge in [-0.2, -0.15) is 0 Å². The summed E-state index contributed by atoms with van der Waals surface area (Å²) in [6.07, 6.45) is 24.7. The monoisotopic (exact) mass is 608 g/mol. The number of nitrogens with zero attached hydrogens (tertiary/aromatic N) is 2. The first-order chi connectivity index (χ1) is 23.1. The third kappa shape index (κ3) is 4.53. The van der Waals surface area contributed by atoms with Gasteiger partial charge in [-0.05, 0) is 96.3 Å². The minimum absolute atomic E-state index is 0.121. The number of benzene rings is 4. The van der Waals surface area contributed by atoms with E-state index in [1.54, 1.807) is 0 Å². The quantitative estimate of drug-likeness (QED) is 0.197. The normalized spacial score (nSPS) is 20.0. The van der Waals surface area contributed by atoms with Crippen molar-refractivity contribution >= 4 is 27.5 Å². The largest absolute Gasteiger partial charge is 0.314 e. The van der Waals surface area contributed by atoms with E-state index >= 15 is 0 Å². The summed E-state index contributed by atoms with van der Waals surface area (Å²) in [5.41, 5.74) is 14.4. The van der Waals surface area contributed by atoms with Gasteiger partial charge in [0.15, 0.2) is 0 Å². The van der Waals surface area contributed by atoms with Crippen LogP contribution >= 0.6 is 0 Å². The van der Waals surface area contributed by atoms with Gasteiger partial charge in [-0.25, -0.2) is 0 Å². The van der Waals surface area contributed by atoms with E-state index in [0.717, 1.165) is 32.1 Å². The molecule has 0 amide bonds. The van der Waals surface area contributed by atoms with Crippen molar-refractivity contribution in [3.8, 4) is 16.8 Å². The van der Waals surface area contributed by atoms with Gasteiger partial charge in [0.25, 0.3) is 0 Å². The Bertz CT molecular complexity index is 2230. The summed E-state index contributed by atoms with van der Waals surface area (Å²) in [5, 5.41) is 2.60. The molecule has 47 heavy (non-hydrogen) atoms. The third-order valence-corrected chi connectivity index (χ3v) is 10.8. The van der Waals surface area contributed by atoms with Crippen LogP contribution in [-0.2, 0) is 5.41 Å². The second-order valence-electron chi connectivity index (χ2n) is 13.9. The topological polar surface area (TPSA) is 8.17 Å². The van der Waals surface area contributed by atoms with Crippen LogP contribution in [0.25, 0.3) is 38.6 Å². The van der Waals surface area contributed by atoms with Crippen molar-refractivity contribution < 1.29 is 0 Å². The van der Waals surface area contributed by atoms with E-state index in [1.807, 2.05) is 0 Å². The average Bonchev–Trinajstić information content (AvgIpc) is 3.46. The molecule has 1 atom stereocenters. The Morgan fingerprint density at radius 2 is 1.47 bits per heavy atom. The summed E-state index contributed by atoms with van der Waals surface area (Å²) in [6, 6.07) is 33.6. The molecule has 2 heteroatoms. The molecule has 9 rings (SSSR count). The molecule has 1 aliphatic heterocycles. The summed E-state index contributed by atoms with van der Waals surface area (Å²) >= 11 is 0. The fourth-order valence-electron chi connectivity index (χ4n) is 8.37. The van der Waals surface area contributed by atoms with Crippen molar-refractivity contribution in [3.63, 3.8) is 0 Å². The van der Waals surface area contributed by atoms with Crippen molar-refractivity contribution in [1.82, 2.24) is 4.57 Å². The zero-order valence-electron chi connectivity index (χ0n) is 27.3. The van der Waals surface area contributed by atoms with Crippen molar-refractivity contribution in [2.24, 2.45) is 5.92 Å². The van der Waals surface area contributed by atoms with E-state index in [1.165, 1.54) is 72.4 Å². The second-order valence-corrected chi connectivity index (χ2v) is 13.9. The molecule has 0 N–H and O–H groups in total. The van der Waals surface area contributed by atoms with E-state index in [2.05, 4.69) is 163 Å². The fraction of sp³-hybridized carbons (Fsp3) is 0.200. The van der Waals surface area contributed by atoms with Crippen LogP contribution in [-0.4, -0.2) is 4.57 Å². The maximum Gasteiger partial charge on any atom is 0.0545 e.